The second-order valence-corrected chi connectivity index (χ2v) is 0. The van der Waals surface area contributed by atoms with Crippen molar-refractivity contribution in [3.8, 4) is 0 Å². The van der Waals surface area contributed by atoms with Gasteiger partial charge in [0.1, 0.15) is 0 Å². The Hall–Kier alpha value is 1.70. The molecule has 0 N–H and O–H groups in total. The maximum absolute atomic E-state index is 7.81. The summed E-state index contributed by atoms with van der Waals surface area (Å²) in [5, 5.41) is 0. The van der Waals surface area contributed by atoms with Crippen molar-refractivity contribution >= 4 is 0 Å². The second-order valence-electron chi connectivity index (χ2n) is 0. The van der Waals surface area contributed by atoms with E-state index in [1.165, 1.54) is 0 Å². The molecule has 0 aromatic heterocycles. The predicted molar refractivity (Wildman–Crippen MR) is 2.06 cm³/mol. The molecule has 0 aliphatic carbocycles. The van der Waals surface area contributed by atoms with E-state index in [4.69, 9.17) is 11.5 Å². The van der Waals surface area contributed by atoms with Gasteiger partial charge in [-0.3, -0.25) is 0 Å². The Bertz CT molecular complexity index is 14.9. The molecule has 0 fully saturated rings. The first-order valence-electron chi connectivity index (χ1n) is 0.369. The molecule has 0 saturated carbocycles. The summed E-state index contributed by atoms with van der Waals surface area (Å²) in [4.78, 5) is 0. The molecule has 0 unspecified atom stereocenters. The molecule has 0 radical (unpaired) electrons. The van der Waals surface area contributed by atoms with E-state index >= 15 is 0 Å². The van der Waals surface area contributed by atoms with E-state index in [1.54, 1.807) is 0 Å². The van der Waals surface area contributed by atoms with Crippen molar-refractivity contribution in [3.63, 3.8) is 0 Å². The minimum absolute atomic E-state index is 0. The molecule has 0 heterocycles. The Morgan fingerprint density at radius 2 is 0.571 bits per heavy atom. The van der Waals surface area contributed by atoms with Crippen LogP contribution in [0.15, 0.2) is 0 Å². The molecule has 0 amide bonds. The van der Waals surface area contributed by atoms with Gasteiger partial charge >= 0.3 is 81.7 Å². The van der Waals surface area contributed by atoms with Gasteiger partial charge in [-0.2, -0.15) is 0 Å². The summed E-state index contributed by atoms with van der Waals surface area (Å²) in [6.45, 7) is 0. The van der Waals surface area contributed by atoms with Crippen molar-refractivity contribution in [2.75, 3.05) is 0 Å². The van der Waals surface area contributed by atoms with Crippen LogP contribution in [0.4, 0.5) is 0 Å². The fourth-order valence-corrected chi connectivity index (χ4v) is 0. The van der Waals surface area contributed by atoms with Crippen LogP contribution in [0.25, 0.3) is 0 Å². The van der Waals surface area contributed by atoms with Crippen LogP contribution in [0, 0.1) is 0 Å². The first-order chi connectivity index (χ1) is 3.00. The van der Waals surface area contributed by atoms with E-state index in [1.807, 2.05) is 0 Å². The van der Waals surface area contributed by atoms with Crippen LogP contribution in [0.2, 0.25) is 0 Å². The molecule has 0 spiro atoms. The van der Waals surface area contributed by atoms with E-state index in [9.17, 15) is 0 Å². The zero-order valence-electron chi connectivity index (χ0n) is 2.43. The first kappa shape index (κ1) is 23.4. The summed E-state index contributed by atoms with van der Waals surface area (Å²) in [5.41, 5.74) is 0. The molecule has 7 heteroatoms. The monoisotopic (exact) mass is 434 g/mol. The van der Waals surface area contributed by atoms with Gasteiger partial charge in [0.05, 0.1) is 0 Å². The number of hydrogen-bond acceptors (Lipinski definition) is 3. The molecule has 0 atom stereocenters. The quantitative estimate of drug-likeness (QED) is 0.488. The van der Waals surface area contributed by atoms with Crippen molar-refractivity contribution in [2.45, 2.75) is 0 Å². The van der Waals surface area contributed by atoms with Crippen LogP contribution < -0.4 is 0 Å². The van der Waals surface area contributed by atoms with E-state index in [-0.39, 0.29) is 22.4 Å². The fraction of sp³-hybridized carbons (Fsp3) is 0. The first-order valence-corrected chi connectivity index (χ1v) is 1.52. The van der Waals surface area contributed by atoms with Crippen molar-refractivity contribution in [1.82, 2.24) is 0 Å². The summed E-state index contributed by atoms with van der Waals surface area (Å²) >= 11 is 8.81. The van der Waals surface area contributed by atoms with Gasteiger partial charge in [-0.1, -0.05) is 0 Å². The van der Waals surface area contributed by atoms with Crippen molar-refractivity contribution in [2.24, 2.45) is 0 Å². The van der Waals surface area contributed by atoms with Crippen LogP contribution in [-0.2, 0) is 81.7 Å². The minimum atomic E-state index is 0. The summed E-state index contributed by atoms with van der Waals surface area (Å²) in [7, 11) is 0. The number of rotatable bonds is 0. The predicted octanol–water partition coefficient (Wildman–Crippen LogP) is -0.366. The Labute approximate surface area is 80.9 Å². The molecule has 7 heavy (non-hydrogen) atoms. The normalized spacial score (nSPS) is 2.57. The second kappa shape index (κ2) is 120. The molecule has 0 rings (SSSR count). The van der Waals surface area contributed by atoms with Crippen LogP contribution >= 0.6 is 0 Å². The van der Waals surface area contributed by atoms with Crippen LogP contribution in [0.3, 0.4) is 0 Å². The van der Waals surface area contributed by atoms with Gasteiger partial charge in [-0.15, -0.1) is 0 Å². The Kier molecular flexibility index (Phi) is 399. The van der Waals surface area contributed by atoms with Crippen LogP contribution in [0.5, 0.6) is 0 Å². The summed E-state index contributed by atoms with van der Waals surface area (Å²) in [6, 6.07) is 0. The van der Waals surface area contributed by atoms with E-state index in [0.717, 1.165) is 0 Å². The van der Waals surface area contributed by atoms with Crippen molar-refractivity contribution in [1.29, 1.82) is 0 Å². The average molecular weight is 436 g/mol. The van der Waals surface area contributed by atoms with Gasteiger partial charge in [0, 0.05) is 0 Å². The van der Waals surface area contributed by atoms with E-state index in [0.29, 0.717) is 0 Å². The Morgan fingerprint density at radius 3 is 0.571 bits per heavy atom. The van der Waals surface area contributed by atoms with Crippen molar-refractivity contribution < 1.29 is 81.7 Å². The van der Waals surface area contributed by atoms with E-state index < -0.39 is 0 Å². The van der Waals surface area contributed by atoms with Gasteiger partial charge < -0.3 is 0 Å². The van der Waals surface area contributed by atoms with E-state index in [2.05, 4.69) is 47.8 Å². The molecule has 0 aliphatic heterocycles. The summed E-state index contributed by atoms with van der Waals surface area (Å²) in [6.07, 6.45) is 0. The molecular weight excluding hydrogens is 436 g/mol. The van der Waals surface area contributed by atoms with Gasteiger partial charge in [0.15, 0.2) is 0 Å². The summed E-state index contributed by atoms with van der Waals surface area (Å²) in [5.74, 6) is 0. The third-order valence-electron chi connectivity index (χ3n) is 0. The number of hydrogen-bond donors (Lipinski definition) is 0. The molecule has 0 aromatic rings. The molecule has 0 saturated heterocycles. The molecule has 0 aromatic carbocycles. The standard InChI is InChI=1S/Au.3Cu.3O/q+3;3*-1;;;. The summed E-state index contributed by atoms with van der Waals surface area (Å²) < 4.78 is 23.4. The zero-order chi connectivity index (χ0) is 6.00. The van der Waals surface area contributed by atoms with Crippen molar-refractivity contribution in [3.05, 3.63) is 0 Å². The molecule has 0 aliphatic rings. The maximum atomic E-state index is 7.81. The third kappa shape index (κ3) is 86.6. The van der Waals surface area contributed by atoms with Crippen LogP contribution in [0.1, 0.15) is 0 Å². The topological polar surface area (TPSA) is 51.2 Å². The fourth-order valence-electron chi connectivity index (χ4n) is 0. The van der Waals surface area contributed by atoms with Gasteiger partial charge in [0.25, 0.3) is 0 Å². The zero-order valence-corrected chi connectivity index (χ0v) is 7.42. The third-order valence-corrected chi connectivity index (χ3v) is 0. The molecule has 62 valence electrons. The Balaban J connectivity index is -0.00000000900. The Morgan fingerprint density at radius 1 is 0.571 bits per heavy atom. The van der Waals surface area contributed by atoms with Crippen LogP contribution in [-0.4, -0.2) is 0 Å². The SMILES string of the molecule is [Au+3].[O]=[Cu-].[O]=[Cu-].[O]=[Cu-]. The molecular formula is AuCu3O3. The van der Waals surface area contributed by atoms with Gasteiger partial charge in [-0.05, 0) is 0 Å². The van der Waals surface area contributed by atoms with Gasteiger partial charge in [0.2, 0.25) is 0 Å². The van der Waals surface area contributed by atoms with Gasteiger partial charge in [-0.25, -0.2) is 0 Å². The average Bonchev–Trinajstić information content (AvgIpc) is 1.81. The molecule has 3 nitrogen and oxygen atoms in total. The molecule has 0 bridgehead atoms.